The van der Waals surface area contributed by atoms with E-state index < -0.39 is 29.9 Å². The number of carbonyl (C=O) groups is 3. The maximum absolute atomic E-state index is 13.7. The van der Waals surface area contributed by atoms with Gasteiger partial charge in [0.1, 0.15) is 0 Å². The first kappa shape index (κ1) is 25.9. The summed E-state index contributed by atoms with van der Waals surface area (Å²) in [7, 11) is 1.15. The number of ether oxygens (including phenoxy) is 2. The highest BCUT2D eigenvalue weighted by Gasteiger charge is 2.58. The molecule has 0 bridgehead atoms. The summed E-state index contributed by atoms with van der Waals surface area (Å²) in [4.78, 5) is 45.7. The van der Waals surface area contributed by atoms with E-state index in [9.17, 15) is 27.6 Å². The third kappa shape index (κ3) is 4.36. The maximum Gasteiger partial charge on any atom is 0.491 e. The molecule has 0 radical (unpaired) electrons. The number of hydrogen-bond donors (Lipinski definition) is 3. The number of methoxy groups -OCH3 is 1. The second-order valence-electron chi connectivity index (χ2n) is 8.39. The number of benzene rings is 3. The Balaban J connectivity index is 1.80. The minimum absolute atomic E-state index is 0.0104. The molecule has 1 unspecified atom stereocenters. The number of aromatic amines is 1. The van der Waals surface area contributed by atoms with Crippen molar-refractivity contribution < 1.29 is 37.0 Å². The van der Waals surface area contributed by atoms with Crippen LogP contribution in [0.25, 0.3) is 11.0 Å². The monoisotopic (exact) mass is 559 g/mol. The van der Waals surface area contributed by atoms with Gasteiger partial charge in [-0.05, 0) is 36.4 Å². The number of alkyl halides is 3. The molecule has 0 saturated heterocycles. The zero-order chi connectivity index (χ0) is 28.1. The summed E-state index contributed by atoms with van der Waals surface area (Å²) in [6.07, 6.45) is -6.22. The number of carbonyl (C=O) groups excluding carboxylic acids is 3. The molecule has 1 atom stereocenters. The van der Waals surface area contributed by atoms with Gasteiger partial charge in [0, 0.05) is 27.4 Å². The molecule has 0 spiro atoms. The molecule has 2 heterocycles. The number of anilines is 3. The fraction of sp³-hybridized carbons (Fsp3) is 0.120. The first-order valence-electron chi connectivity index (χ1n) is 11.1. The molecule has 39 heavy (non-hydrogen) atoms. The van der Waals surface area contributed by atoms with E-state index in [0.717, 1.165) is 12.0 Å². The Morgan fingerprint density at radius 1 is 1.13 bits per heavy atom. The van der Waals surface area contributed by atoms with Crippen LogP contribution < -0.4 is 16.0 Å². The summed E-state index contributed by atoms with van der Waals surface area (Å²) in [5, 5.41) is 2.44. The molecule has 1 aliphatic heterocycles. The number of hydrogen-bond acceptors (Lipinski definition) is 7. The second kappa shape index (κ2) is 9.20. The molecule has 10 nitrogen and oxygen atoms in total. The van der Waals surface area contributed by atoms with Crippen LogP contribution in [0.1, 0.15) is 21.5 Å². The van der Waals surface area contributed by atoms with Crippen molar-refractivity contribution in [2.24, 2.45) is 0 Å². The van der Waals surface area contributed by atoms with Crippen molar-refractivity contribution in [1.82, 2.24) is 9.97 Å². The van der Waals surface area contributed by atoms with E-state index >= 15 is 0 Å². The molecule has 5 rings (SSSR count). The molecule has 14 heteroatoms. The lowest BCUT2D eigenvalue weighted by molar-refractivity contribution is -0.211. The molecular weight excluding hydrogens is 543 g/mol. The van der Waals surface area contributed by atoms with Crippen LogP contribution in [0.4, 0.5) is 35.3 Å². The van der Waals surface area contributed by atoms with E-state index in [1.807, 2.05) is 0 Å². The Hall–Kier alpha value is -4.78. The van der Waals surface area contributed by atoms with Crippen molar-refractivity contribution in [2.75, 3.05) is 23.1 Å². The van der Waals surface area contributed by atoms with Gasteiger partial charge < -0.3 is 20.2 Å². The normalized spacial score (nSPS) is 16.7. The average Bonchev–Trinajstić information content (AvgIpc) is 3.38. The second-order valence-corrected chi connectivity index (χ2v) is 8.83. The van der Waals surface area contributed by atoms with Crippen LogP contribution in [0, 0.1) is 0 Å². The smallest absolute Gasteiger partial charge is 0.453 e. The Morgan fingerprint density at radius 2 is 1.87 bits per heavy atom. The minimum atomic E-state index is -5.40. The van der Waals surface area contributed by atoms with Crippen molar-refractivity contribution >= 4 is 57.9 Å². The Bertz CT molecular complexity index is 1640. The lowest BCUT2D eigenvalue weighted by Crippen LogP contribution is -2.50. The number of nitrogens with one attached hydrogen (secondary N) is 2. The van der Waals surface area contributed by atoms with Gasteiger partial charge in [-0.1, -0.05) is 35.9 Å². The van der Waals surface area contributed by atoms with Crippen molar-refractivity contribution in [2.45, 2.75) is 11.9 Å². The number of amides is 2. The minimum Gasteiger partial charge on any atom is -0.453 e. The molecule has 3 aromatic carbocycles. The average molecular weight is 560 g/mol. The zero-order valence-corrected chi connectivity index (χ0v) is 20.6. The molecule has 0 fully saturated rings. The van der Waals surface area contributed by atoms with Gasteiger partial charge in [-0.15, -0.1) is 0 Å². The summed E-state index contributed by atoms with van der Waals surface area (Å²) in [6, 6.07) is 13.9. The standard InChI is InChI=1S/C25H17ClF3N5O5/c1-38-23(37)33-22-31-18-7-6-12(8-19(18)32-22)24(39-21(36)25(27,28)29)17-5-3-2-4-16(17)20(35)34(24)15-10-13(26)9-14(30)11-15/h2-11H,30H2,1H3,(H2,31,32,33,37). The van der Waals surface area contributed by atoms with Gasteiger partial charge in [0.05, 0.1) is 23.8 Å². The van der Waals surface area contributed by atoms with Crippen molar-refractivity contribution in [3.05, 3.63) is 82.4 Å². The third-order valence-electron chi connectivity index (χ3n) is 5.95. The fourth-order valence-electron chi connectivity index (χ4n) is 4.44. The van der Waals surface area contributed by atoms with Gasteiger partial charge in [0.25, 0.3) is 5.91 Å². The van der Waals surface area contributed by atoms with Gasteiger partial charge in [0.2, 0.25) is 11.7 Å². The number of rotatable bonds is 4. The van der Waals surface area contributed by atoms with E-state index in [2.05, 4.69) is 20.0 Å². The van der Waals surface area contributed by atoms with Crippen molar-refractivity contribution in [3.8, 4) is 0 Å². The Labute approximate surface area is 222 Å². The van der Waals surface area contributed by atoms with Crippen LogP contribution in [0.2, 0.25) is 5.02 Å². The zero-order valence-electron chi connectivity index (χ0n) is 19.8. The lowest BCUT2D eigenvalue weighted by Gasteiger charge is -2.39. The van der Waals surface area contributed by atoms with Crippen LogP contribution in [0.3, 0.4) is 0 Å². The fourth-order valence-corrected chi connectivity index (χ4v) is 4.67. The summed E-state index contributed by atoms with van der Waals surface area (Å²) < 4.78 is 50.7. The van der Waals surface area contributed by atoms with E-state index in [-0.39, 0.29) is 44.6 Å². The van der Waals surface area contributed by atoms with Gasteiger partial charge in [0.15, 0.2) is 0 Å². The van der Waals surface area contributed by atoms with Crippen molar-refractivity contribution in [3.63, 3.8) is 0 Å². The number of nitrogens with zero attached hydrogens (tertiary/aromatic N) is 2. The van der Waals surface area contributed by atoms with Gasteiger partial charge in [-0.2, -0.15) is 13.2 Å². The molecular formula is C25H17ClF3N5O5. The van der Waals surface area contributed by atoms with Crippen molar-refractivity contribution in [1.29, 1.82) is 0 Å². The largest absolute Gasteiger partial charge is 0.491 e. The maximum atomic E-state index is 13.7. The van der Waals surface area contributed by atoms with Crippen LogP contribution in [0.15, 0.2) is 60.7 Å². The highest BCUT2D eigenvalue weighted by Crippen LogP contribution is 2.49. The quantitative estimate of drug-likeness (QED) is 0.237. The number of fused-ring (bicyclic) bond motifs is 2. The molecule has 0 aliphatic carbocycles. The number of nitrogens with two attached hydrogens (primary N) is 1. The molecule has 4 N–H and O–H groups in total. The Morgan fingerprint density at radius 3 is 2.56 bits per heavy atom. The van der Waals surface area contributed by atoms with Crippen LogP contribution in [-0.2, 0) is 20.0 Å². The van der Waals surface area contributed by atoms with E-state index in [1.165, 1.54) is 60.7 Å². The van der Waals surface area contributed by atoms with Gasteiger partial charge in [-0.25, -0.2) is 14.6 Å². The number of aromatic nitrogens is 2. The summed E-state index contributed by atoms with van der Waals surface area (Å²) >= 11 is 6.18. The predicted octanol–water partition coefficient (Wildman–Crippen LogP) is 4.94. The SMILES string of the molecule is COC(=O)Nc1nc2ccc(C3(OC(=O)C(F)(F)F)c4ccccc4C(=O)N3c3cc(N)cc(Cl)c3)cc2[nH]1. The van der Waals surface area contributed by atoms with Crippen LogP contribution in [0.5, 0.6) is 0 Å². The molecule has 1 aliphatic rings. The lowest BCUT2D eigenvalue weighted by atomic mass is 9.92. The Kier molecular flexibility index (Phi) is 6.10. The van der Waals surface area contributed by atoms with E-state index in [0.29, 0.717) is 5.52 Å². The third-order valence-corrected chi connectivity index (χ3v) is 6.17. The number of H-pyrrole nitrogens is 1. The highest BCUT2D eigenvalue weighted by molar-refractivity contribution is 6.31. The molecule has 2 amide bonds. The number of imidazole rings is 1. The number of halogens is 4. The first-order valence-corrected chi connectivity index (χ1v) is 11.5. The summed E-state index contributed by atoms with van der Waals surface area (Å²) in [5.74, 6) is -3.32. The van der Waals surface area contributed by atoms with Crippen LogP contribution >= 0.6 is 11.6 Å². The summed E-state index contributed by atoms with van der Waals surface area (Å²) in [5.41, 5.74) is 4.05. The highest BCUT2D eigenvalue weighted by atomic mass is 35.5. The first-order chi connectivity index (χ1) is 18.4. The topological polar surface area (TPSA) is 140 Å². The molecule has 1 aromatic heterocycles. The molecule has 0 saturated carbocycles. The number of nitrogen functional groups attached to an aromatic ring is 1. The van der Waals surface area contributed by atoms with E-state index in [4.69, 9.17) is 22.1 Å². The van der Waals surface area contributed by atoms with E-state index in [1.54, 1.807) is 0 Å². The van der Waals surface area contributed by atoms with Gasteiger partial charge >= 0.3 is 18.2 Å². The summed E-state index contributed by atoms with van der Waals surface area (Å²) in [6.45, 7) is 0. The van der Waals surface area contributed by atoms with Crippen LogP contribution in [-0.4, -0.2) is 41.2 Å². The molecule has 4 aromatic rings. The predicted molar refractivity (Wildman–Crippen MR) is 134 cm³/mol. The number of esters is 1. The molecule has 200 valence electrons. The van der Waals surface area contributed by atoms with Gasteiger partial charge in [-0.3, -0.25) is 15.0 Å².